The van der Waals surface area contributed by atoms with Gasteiger partial charge in [0.1, 0.15) is 18.2 Å². The number of likely N-dealkylation sites (N-methyl/N-ethyl adjacent to an activating group) is 1. The van der Waals surface area contributed by atoms with Crippen LogP contribution in [0.2, 0.25) is 0 Å². The van der Waals surface area contributed by atoms with Crippen LogP contribution < -0.4 is 5.32 Å². The maximum atomic E-state index is 12.9. The van der Waals surface area contributed by atoms with Gasteiger partial charge >= 0.3 is 11.9 Å². The quantitative estimate of drug-likeness (QED) is 0.475. The second-order valence-electron chi connectivity index (χ2n) is 9.48. The molecule has 11 heteroatoms. The van der Waals surface area contributed by atoms with E-state index in [1.807, 2.05) is 0 Å². The van der Waals surface area contributed by atoms with E-state index in [9.17, 15) is 14.4 Å². The van der Waals surface area contributed by atoms with E-state index in [1.165, 1.54) is 11.9 Å². The summed E-state index contributed by atoms with van der Waals surface area (Å²) < 4.78 is 19.3. The third-order valence-corrected chi connectivity index (χ3v) is 7.08. The Morgan fingerprint density at radius 1 is 1.24 bits per heavy atom. The van der Waals surface area contributed by atoms with Crippen molar-refractivity contribution in [2.45, 2.75) is 83.9 Å². The summed E-state index contributed by atoms with van der Waals surface area (Å²) in [5, 5.41) is 17.2. The number of piperidine rings is 1. The van der Waals surface area contributed by atoms with Crippen LogP contribution in [0.4, 0.5) is 0 Å². The van der Waals surface area contributed by atoms with E-state index < -0.39 is 30.1 Å². The van der Waals surface area contributed by atoms with Gasteiger partial charge in [-0.05, 0) is 70.8 Å². The number of carbonyl (C=O) groups is 3. The largest absolute Gasteiger partial charge is 0.464 e. The first-order valence-corrected chi connectivity index (χ1v) is 12.2. The Kier molecular flexibility index (Phi) is 8.84. The molecule has 0 unspecified atom stereocenters. The number of tetrazole rings is 1. The van der Waals surface area contributed by atoms with Crippen LogP contribution in [0.1, 0.15) is 66.5 Å². The number of H-pyrrole nitrogens is 1. The number of rotatable bonds is 10. The lowest BCUT2D eigenvalue weighted by molar-refractivity contribution is -0.158. The minimum atomic E-state index is -1.53. The van der Waals surface area contributed by atoms with Crippen LogP contribution in [-0.2, 0) is 30.3 Å². The summed E-state index contributed by atoms with van der Waals surface area (Å²) in [6, 6.07) is -2.26. The van der Waals surface area contributed by atoms with Gasteiger partial charge in [0, 0.05) is 13.5 Å². The van der Waals surface area contributed by atoms with Crippen molar-refractivity contribution in [2.75, 3.05) is 20.2 Å². The van der Waals surface area contributed by atoms with E-state index in [2.05, 4.69) is 25.9 Å². The Balaban J connectivity index is 1.49. The van der Waals surface area contributed by atoms with E-state index >= 15 is 0 Å². The van der Waals surface area contributed by atoms with Gasteiger partial charge in [0.25, 0.3) is 0 Å². The van der Waals surface area contributed by atoms with Crippen molar-refractivity contribution in [1.82, 2.24) is 30.8 Å². The van der Waals surface area contributed by atoms with Crippen molar-refractivity contribution >= 4 is 17.8 Å². The first-order valence-electron chi connectivity index (χ1n) is 12.7. The maximum absolute atomic E-state index is 12.9. The monoisotopic (exact) mass is 479 g/mol. The number of fused-ring (bicyclic) bond motifs is 1. The highest BCUT2D eigenvalue weighted by atomic mass is 16.5. The molecule has 0 radical (unpaired) electrons. The van der Waals surface area contributed by atoms with Gasteiger partial charge in [-0.1, -0.05) is 11.6 Å². The molecule has 11 nitrogen and oxygen atoms in total. The fourth-order valence-electron chi connectivity index (χ4n) is 4.89. The highest BCUT2D eigenvalue weighted by molar-refractivity contribution is 5.84. The molecule has 190 valence electrons. The molecule has 1 aromatic rings. The summed E-state index contributed by atoms with van der Waals surface area (Å²) in [5.41, 5.74) is 0. The molecule has 0 spiro atoms. The normalized spacial score (nSPS) is 28.7. The standard InChI is InChI=1S/C23H38N6O5/c1-5-33-22(31)15(3)29(4)21(30)10-14(2)34-23(32)19-12-18-11-16(6-8-17(18)13-24-19)7-9-20-25-27-28-26-20/h14-19,24H,5-13H2,1-4H3,(H,25,26,27,28)/t14-,15+,16-,17+,18-,19+/m1/s1/i19D. The van der Waals surface area contributed by atoms with Gasteiger partial charge in [0.15, 0.2) is 5.82 Å². The van der Waals surface area contributed by atoms with Crippen LogP contribution in [0.5, 0.6) is 0 Å². The van der Waals surface area contributed by atoms with E-state index in [-0.39, 0.29) is 24.9 Å². The number of hydrogen-bond acceptors (Lipinski definition) is 9. The number of aromatic nitrogens is 4. The molecule has 2 heterocycles. The molecule has 2 fully saturated rings. The topological polar surface area (TPSA) is 139 Å². The van der Waals surface area contributed by atoms with Gasteiger partial charge < -0.3 is 19.7 Å². The Hall–Kier alpha value is -2.56. The number of carbonyl (C=O) groups excluding carboxylic acids is 3. The van der Waals surface area contributed by atoms with Gasteiger partial charge in [-0.3, -0.25) is 9.59 Å². The average Bonchev–Trinajstić information content (AvgIpc) is 3.35. The average molecular weight is 480 g/mol. The zero-order chi connectivity index (χ0) is 25.6. The summed E-state index contributed by atoms with van der Waals surface area (Å²) in [6.45, 7) is 5.76. The summed E-state index contributed by atoms with van der Waals surface area (Å²) in [7, 11) is 1.52. The van der Waals surface area contributed by atoms with Crippen molar-refractivity contribution in [2.24, 2.45) is 17.8 Å². The molecule has 3 rings (SSSR count). The first kappa shape index (κ1) is 24.6. The number of nitrogens with zero attached hydrogens (tertiary/aromatic N) is 4. The Morgan fingerprint density at radius 3 is 2.74 bits per heavy atom. The van der Waals surface area contributed by atoms with Gasteiger partial charge in [0.05, 0.1) is 14.4 Å². The van der Waals surface area contributed by atoms with Crippen LogP contribution in [0.15, 0.2) is 0 Å². The summed E-state index contributed by atoms with van der Waals surface area (Å²) in [6.07, 6.45) is 4.46. The molecule has 0 aromatic carbocycles. The maximum Gasteiger partial charge on any atom is 0.328 e. The van der Waals surface area contributed by atoms with E-state index in [0.717, 1.165) is 32.1 Å². The van der Waals surface area contributed by atoms with Crippen molar-refractivity contribution < 1.29 is 25.2 Å². The van der Waals surface area contributed by atoms with Crippen LogP contribution in [0.3, 0.4) is 0 Å². The number of nitrogens with one attached hydrogen (secondary N) is 2. The summed E-state index contributed by atoms with van der Waals surface area (Å²) in [4.78, 5) is 38.7. The lowest BCUT2D eigenvalue weighted by atomic mass is 9.69. The van der Waals surface area contributed by atoms with E-state index in [1.54, 1.807) is 20.8 Å². The number of aromatic amines is 1. The molecule has 0 bridgehead atoms. The van der Waals surface area contributed by atoms with E-state index in [0.29, 0.717) is 30.6 Å². The van der Waals surface area contributed by atoms with Crippen LogP contribution >= 0.6 is 0 Å². The predicted molar refractivity (Wildman–Crippen MR) is 122 cm³/mol. The number of amides is 1. The molecule has 1 saturated heterocycles. The minimum Gasteiger partial charge on any atom is -0.464 e. The number of ether oxygens (including phenoxy) is 2. The second kappa shape index (κ2) is 12.2. The van der Waals surface area contributed by atoms with Crippen molar-refractivity contribution in [3.8, 4) is 0 Å². The Bertz CT molecular complexity index is 871. The highest BCUT2D eigenvalue weighted by Crippen LogP contribution is 2.40. The minimum absolute atomic E-state index is 0.0771. The van der Waals surface area contributed by atoms with Gasteiger partial charge in [-0.25, -0.2) is 4.79 Å². The second-order valence-corrected chi connectivity index (χ2v) is 9.48. The van der Waals surface area contributed by atoms with Crippen molar-refractivity contribution in [3.63, 3.8) is 0 Å². The van der Waals surface area contributed by atoms with Gasteiger partial charge in [-0.15, -0.1) is 10.2 Å². The molecule has 1 saturated carbocycles. The lowest BCUT2D eigenvalue weighted by Crippen LogP contribution is -2.50. The number of esters is 2. The third kappa shape index (κ3) is 6.97. The smallest absolute Gasteiger partial charge is 0.328 e. The fraction of sp³-hybridized carbons (Fsp3) is 0.826. The molecular weight excluding hydrogens is 440 g/mol. The zero-order valence-corrected chi connectivity index (χ0v) is 20.6. The Morgan fingerprint density at radius 2 is 2.03 bits per heavy atom. The molecule has 6 atom stereocenters. The Labute approximate surface area is 202 Å². The molecule has 1 aliphatic heterocycles. The molecule has 2 aliphatic rings. The molecule has 1 amide bonds. The lowest BCUT2D eigenvalue weighted by Gasteiger charge is -2.42. The van der Waals surface area contributed by atoms with Gasteiger partial charge in [-0.2, -0.15) is 5.21 Å². The van der Waals surface area contributed by atoms with Crippen molar-refractivity contribution in [1.29, 1.82) is 0 Å². The SMILES string of the molecule is [2H][C@@]1(C(=O)O[C@H](C)CC(=O)N(C)[C@@H](C)C(=O)OCC)C[C@H]2C[C@@H](CCc3nn[nH]n3)CC[C@H]2CN1. The van der Waals surface area contributed by atoms with E-state index in [4.69, 9.17) is 10.8 Å². The predicted octanol–water partition coefficient (Wildman–Crippen LogP) is 1.26. The summed E-state index contributed by atoms with van der Waals surface area (Å²) in [5.74, 6) is 0.438. The van der Waals surface area contributed by atoms with Gasteiger partial charge in [0.2, 0.25) is 5.91 Å². The molecular formula is C23H38N6O5. The van der Waals surface area contributed by atoms with Crippen LogP contribution in [0.25, 0.3) is 0 Å². The third-order valence-electron chi connectivity index (χ3n) is 7.08. The number of hydrogen-bond donors (Lipinski definition) is 2. The highest BCUT2D eigenvalue weighted by Gasteiger charge is 2.38. The first-order chi connectivity index (χ1) is 16.6. The molecule has 2 N–H and O–H groups in total. The molecule has 1 aromatic heterocycles. The molecule has 1 aliphatic carbocycles. The number of aryl methyl sites for hydroxylation is 1. The zero-order valence-electron chi connectivity index (χ0n) is 21.6. The summed E-state index contributed by atoms with van der Waals surface area (Å²) >= 11 is 0. The van der Waals surface area contributed by atoms with Crippen LogP contribution in [-0.4, -0.2) is 81.7 Å². The molecule has 34 heavy (non-hydrogen) atoms. The fourth-order valence-corrected chi connectivity index (χ4v) is 4.89. The van der Waals surface area contributed by atoms with Crippen molar-refractivity contribution in [3.05, 3.63) is 5.82 Å². The van der Waals surface area contributed by atoms with Crippen LogP contribution in [0, 0.1) is 17.8 Å².